The molecule has 0 fully saturated rings. The minimum atomic E-state index is 0.821. The van der Waals surface area contributed by atoms with Crippen LogP contribution >= 0.6 is 0 Å². The highest BCUT2D eigenvalue weighted by molar-refractivity contribution is 4.66. The van der Waals surface area contributed by atoms with Gasteiger partial charge in [-0.1, -0.05) is 72.1 Å². The molecule has 0 aliphatic carbocycles. The Kier molecular flexibility index (Phi) is 12.0. The first-order valence-electron chi connectivity index (χ1n) is 8.24. The van der Waals surface area contributed by atoms with E-state index in [1.54, 1.807) is 0 Å². The second-order valence-corrected chi connectivity index (χ2v) is 6.50. The van der Waals surface area contributed by atoms with Gasteiger partial charge in [-0.15, -0.1) is 0 Å². The van der Waals surface area contributed by atoms with Crippen LogP contribution in [0.15, 0.2) is 0 Å². The van der Waals surface area contributed by atoms with E-state index in [1.807, 2.05) is 0 Å². The molecule has 1 atom stereocenters. The van der Waals surface area contributed by atoms with Crippen LogP contribution in [0.25, 0.3) is 0 Å². The Morgan fingerprint density at radius 3 is 1.67 bits per heavy atom. The Morgan fingerprint density at radius 1 is 0.722 bits per heavy atom. The van der Waals surface area contributed by atoms with Crippen molar-refractivity contribution in [3.63, 3.8) is 0 Å². The standard InChI is InChI=1S/C17H37N/c1-6-7-10-14-17(18(4)5)15-12-9-8-11-13-16(2)3/h16-17H,6-15H2,1-5H3. The summed E-state index contributed by atoms with van der Waals surface area (Å²) >= 11 is 0. The van der Waals surface area contributed by atoms with E-state index in [1.165, 1.54) is 64.2 Å². The minimum absolute atomic E-state index is 0.821. The van der Waals surface area contributed by atoms with Crippen molar-refractivity contribution in [3.05, 3.63) is 0 Å². The first-order chi connectivity index (χ1) is 8.57. The molecule has 0 radical (unpaired) electrons. The number of rotatable bonds is 12. The molecular weight excluding hydrogens is 218 g/mol. The van der Waals surface area contributed by atoms with Gasteiger partial charge < -0.3 is 4.90 Å². The van der Waals surface area contributed by atoms with E-state index < -0.39 is 0 Å². The van der Waals surface area contributed by atoms with Crippen molar-refractivity contribution in [2.45, 2.75) is 91.0 Å². The Hall–Kier alpha value is -0.0400. The maximum absolute atomic E-state index is 2.43. The van der Waals surface area contributed by atoms with Crippen molar-refractivity contribution in [2.75, 3.05) is 14.1 Å². The molecule has 0 rings (SSSR count). The van der Waals surface area contributed by atoms with Crippen molar-refractivity contribution in [3.8, 4) is 0 Å². The highest BCUT2D eigenvalue weighted by atomic mass is 15.1. The van der Waals surface area contributed by atoms with Gasteiger partial charge in [-0.25, -0.2) is 0 Å². The molecule has 1 heteroatoms. The van der Waals surface area contributed by atoms with Crippen molar-refractivity contribution in [2.24, 2.45) is 5.92 Å². The van der Waals surface area contributed by atoms with Crippen molar-refractivity contribution < 1.29 is 0 Å². The minimum Gasteiger partial charge on any atom is -0.306 e. The van der Waals surface area contributed by atoms with Crippen LogP contribution in [0.1, 0.15) is 85.0 Å². The molecule has 0 heterocycles. The normalized spacial score (nSPS) is 13.5. The fourth-order valence-corrected chi connectivity index (χ4v) is 2.58. The smallest absolute Gasteiger partial charge is 0.00891 e. The van der Waals surface area contributed by atoms with Crippen LogP contribution in [-0.2, 0) is 0 Å². The van der Waals surface area contributed by atoms with Gasteiger partial charge >= 0.3 is 0 Å². The summed E-state index contributed by atoms with van der Waals surface area (Å²) in [6.45, 7) is 6.95. The molecule has 110 valence electrons. The third kappa shape index (κ3) is 11.1. The van der Waals surface area contributed by atoms with Crippen LogP contribution in [0, 0.1) is 5.92 Å². The van der Waals surface area contributed by atoms with Crippen LogP contribution in [0.5, 0.6) is 0 Å². The monoisotopic (exact) mass is 255 g/mol. The number of nitrogens with zero attached hydrogens (tertiary/aromatic N) is 1. The van der Waals surface area contributed by atoms with E-state index >= 15 is 0 Å². The van der Waals surface area contributed by atoms with Crippen LogP contribution < -0.4 is 0 Å². The number of unbranched alkanes of at least 4 members (excludes halogenated alkanes) is 5. The third-order valence-electron chi connectivity index (χ3n) is 3.94. The topological polar surface area (TPSA) is 3.24 Å². The number of hydrogen-bond acceptors (Lipinski definition) is 1. The molecule has 0 aromatic heterocycles. The highest BCUT2D eigenvalue weighted by Crippen LogP contribution is 2.16. The Bertz CT molecular complexity index is 163. The van der Waals surface area contributed by atoms with Crippen LogP contribution in [0.3, 0.4) is 0 Å². The van der Waals surface area contributed by atoms with Crippen LogP contribution in [-0.4, -0.2) is 25.0 Å². The van der Waals surface area contributed by atoms with E-state index in [-0.39, 0.29) is 0 Å². The highest BCUT2D eigenvalue weighted by Gasteiger charge is 2.10. The van der Waals surface area contributed by atoms with Gasteiger partial charge in [-0.3, -0.25) is 0 Å². The molecule has 0 aromatic rings. The van der Waals surface area contributed by atoms with Gasteiger partial charge in [0.05, 0.1) is 0 Å². The largest absolute Gasteiger partial charge is 0.306 e. The summed E-state index contributed by atoms with van der Waals surface area (Å²) in [4.78, 5) is 2.43. The maximum atomic E-state index is 2.43. The van der Waals surface area contributed by atoms with Gasteiger partial charge in [-0.2, -0.15) is 0 Å². The fourth-order valence-electron chi connectivity index (χ4n) is 2.58. The molecule has 18 heavy (non-hydrogen) atoms. The predicted molar refractivity (Wildman–Crippen MR) is 84.2 cm³/mol. The Morgan fingerprint density at radius 2 is 1.22 bits per heavy atom. The zero-order valence-corrected chi connectivity index (χ0v) is 13.7. The average Bonchev–Trinajstić information content (AvgIpc) is 2.30. The van der Waals surface area contributed by atoms with E-state index in [9.17, 15) is 0 Å². The summed E-state index contributed by atoms with van der Waals surface area (Å²) in [5.74, 6) is 0.883. The summed E-state index contributed by atoms with van der Waals surface area (Å²) < 4.78 is 0. The van der Waals surface area contributed by atoms with Crippen molar-refractivity contribution in [1.82, 2.24) is 4.90 Å². The van der Waals surface area contributed by atoms with Crippen molar-refractivity contribution in [1.29, 1.82) is 0 Å². The summed E-state index contributed by atoms with van der Waals surface area (Å²) in [7, 11) is 4.49. The lowest BCUT2D eigenvalue weighted by atomic mass is 9.99. The SMILES string of the molecule is CCCCCC(CCCCCCC(C)C)N(C)C. The Labute approximate surface area is 116 Å². The third-order valence-corrected chi connectivity index (χ3v) is 3.94. The predicted octanol–water partition coefficient (Wildman–Crippen LogP) is 5.49. The average molecular weight is 255 g/mol. The zero-order valence-electron chi connectivity index (χ0n) is 13.7. The summed E-state index contributed by atoms with van der Waals surface area (Å²) in [6.07, 6.45) is 14.1. The molecule has 0 aliphatic rings. The second kappa shape index (κ2) is 12.0. The zero-order chi connectivity index (χ0) is 13.8. The molecular formula is C17H37N. The van der Waals surface area contributed by atoms with Gasteiger partial charge in [0, 0.05) is 6.04 Å². The molecule has 1 unspecified atom stereocenters. The molecule has 0 saturated carbocycles. The molecule has 1 nitrogen and oxygen atoms in total. The molecule has 0 bridgehead atoms. The van der Waals surface area contributed by atoms with E-state index in [4.69, 9.17) is 0 Å². The summed E-state index contributed by atoms with van der Waals surface area (Å²) in [5, 5.41) is 0. The molecule has 0 saturated heterocycles. The lowest BCUT2D eigenvalue weighted by molar-refractivity contribution is 0.251. The Balaban J connectivity index is 3.52. The molecule has 0 aromatic carbocycles. The molecule has 0 amide bonds. The van der Waals surface area contributed by atoms with Gasteiger partial charge in [0.15, 0.2) is 0 Å². The lowest BCUT2D eigenvalue weighted by Gasteiger charge is -2.24. The fraction of sp³-hybridized carbons (Fsp3) is 1.00. The molecule has 0 spiro atoms. The quantitative estimate of drug-likeness (QED) is 0.417. The van der Waals surface area contributed by atoms with Gasteiger partial charge in [-0.05, 0) is 32.9 Å². The van der Waals surface area contributed by atoms with E-state index in [0.29, 0.717) is 0 Å². The van der Waals surface area contributed by atoms with Gasteiger partial charge in [0.2, 0.25) is 0 Å². The van der Waals surface area contributed by atoms with Crippen LogP contribution in [0.2, 0.25) is 0 Å². The molecule has 0 aliphatic heterocycles. The second-order valence-electron chi connectivity index (χ2n) is 6.50. The first-order valence-corrected chi connectivity index (χ1v) is 8.24. The van der Waals surface area contributed by atoms with Gasteiger partial charge in [0.1, 0.15) is 0 Å². The van der Waals surface area contributed by atoms with E-state index in [2.05, 4.69) is 39.8 Å². The molecule has 0 N–H and O–H groups in total. The van der Waals surface area contributed by atoms with Gasteiger partial charge in [0.25, 0.3) is 0 Å². The maximum Gasteiger partial charge on any atom is 0.00891 e. The van der Waals surface area contributed by atoms with E-state index in [0.717, 1.165) is 12.0 Å². The number of hydrogen-bond donors (Lipinski definition) is 0. The lowest BCUT2D eigenvalue weighted by Crippen LogP contribution is -2.27. The summed E-state index contributed by atoms with van der Waals surface area (Å²) in [6, 6.07) is 0.821. The van der Waals surface area contributed by atoms with Crippen molar-refractivity contribution >= 4 is 0 Å². The first kappa shape index (κ1) is 18.0. The summed E-state index contributed by atoms with van der Waals surface area (Å²) in [5.41, 5.74) is 0. The van der Waals surface area contributed by atoms with Crippen LogP contribution in [0.4, 0.5) is 0 Å².